The molecule has 0 saturated heterocycles. The van der Waals surface area contributed by atoms with Crippen LogP contribution in [0.15, 0.2) is 30.4 Å². The minimum absolute atomic E-state index is 0.153. The second-order valence-corrected chi connectivity index (χ2v) is 5.24. The minimum Gasteiger partial charge on any atom is -0.496 e. The van der Waals surface area contributed by atoms with E-state index >= 15 is 0 Å². The Morgan fingerprint density at radius 2 is 2.24 bits per heavy atom. The summed E-state index contributed by atoms with van der Waals surface area (Å²) in [6.45, 7) is 5.92. The molecule has 0 radical (unpaired) electrons. The summed E-state index contributed by atoms with van der Waals surface area (Å²) in [6, 6.07) is 4.07. The average Bonchev–Trinajstić information content (AvgIpc) is 2.50. The number of carbonyl (C=O) groups excluding carboxylic acids is 1. The van der Waals surface area contributed by atoms with E-state index in [4.69, 9.17) is 11.2 Å². The van der Waals surface area contributed by atoms with Crippen molar-refractivity contribution in [2.75, 3.05) is 7.11 Å². The number of fused-ring (bicyclic) bond motifs is 1. The van der Waals surface area contributed by atoms with Gasteiger partial charge in [0.15, 0.2) is 0 Å². The van der Waals surface area contributed by atoms with E-state index in [0.29, 0.717) is 6.42 Å². The summed E-state index contributed by atoms with van der Waals surface area (Å²) in [7, 11) is 1.69. The molecule has 0 aromatic heterocycles. The van der Waals surface area contributed by atoms with Crippen molar-refractivity contribution in [1.82, 2.24) is 0 Å². The fourth-order valence-electron chi connectivity index (χ4n) is 3.02. The van der Waals surface area contributed by atoms with E-state index in [1.807, 2.05) is 12.1 Å². The Labute approximate surface area is 126 Å². The zero-order valence-corrected chi connectivity index (χ0v) is 12.7. The number of Topliss-reactive ketones (excluding diaryl/α,β-unsaturated/α-hetero) is 1. The molecule has 108 valence electrons. The fraction of sp³-hybridized carbons (Fsp3) is 0.316. The normalized spacial score (nSPS) is 13.4. The number of ketones is 1. The van der Waals surface area contributed by atoms with Gasteiger partial charge in [-0.1, -0.05) is 17.7 Å². The highest BCUT2D eigenvalue weighted by Crippen LogP contribution is 2.39. The van der Waals surface area contributed by atoms with Gasteiger partial charge in [-0.2, -0.15) is 0 Å². The maximum absolute atomic E-state index is 11.6. The van der Waals surface area contributed by atoms with Gasteiger partial charge in [-0.05, 0) is 60.4 Å². The van der Waals surface area contributed by atoms with Crippen molar-refractivity contribution in [1.29, 1.82) is 0 Å². The first kappa shape index (κ1) is 15.1. The average molecular weight is 280 g/mol. The topological polar surface area (TPSA) is 26.3 Å². The number of methoxy groups -OCH3 is 1. The number of benzene rings is 1. The van der Waals surface area contributed by atoms with Crippen molar-refractivity contribution >= 4 is 11.4 Å². The van der Waals surface area contributed by atoms with Crippen LogP contribution in [-0.4, -0.2) is 12.9 Å². The molecular weight excluding hydrogens is 260 g/mol. The van der Waals surface area contributed by atoms with Crippen molar-refractivity contribution in [3.63, 3.8) is 0 Å². The van der Waals surface area contributed by atoms with Crippen molar-refractivity contribution in [3.8, 4) is 18.1 Å². The van der Waals surface area contributed by atoms with E-state index in [-0.39, 0.29) is 5.78 Å². The molecule has 1 aromatic rings. The van der Waals surface area contributed by atoms with Gasteiger partial charge >= 0.3 is 0 Å². The first-order valence-corrected chi connectivity index (χ1v) is 7.10. The lowest BCUT2D eigenvalue weighted by Crippen LogP contribution is -2.10. The number of terminal acetylenes is 1. The molecule has 1 aliphatic rings. The highest BCUT2D eigenvalue weighted by molar-refractivity contribution is 5.98. The van der Waals surface area contributed by atoms with Crippen LogP contribution < -0.4 is 4.74 Å². The largest absolute Gasteiger partial charge is 0.496 e. The van der Waals surface area contributed by atoms with Crippen LogP contribution in [0.2, 0.25) is 0 Å². The number of carbonyl (C=O) groups is 1. The SMILES string of the molecule is C#CC(=O)CC1=C(CC=C)c2ccc(OC)c(C)c2CC1. The first-order valence-electron chi connectivity index (χ1n) is 7.10. The summed E-state index contributed by atoms with van der Waals surface area (Å²) < 4.78 is 5.40. The molecule has 21 heavy (non-hydrogen) atoms. The second kappa shape index (κ2) is 6.45. The molecule has 2 heteroatoms. The van der Waals surface area contributed by atoms with Crippen molar-refractivity contribution in [2.45, 2.75) is 32.6 Å². The zero-order valence-electron chi connectivity index (χ0n) is 12.7. The molecule has 0 aliphatic heterocycles. The molecule has 0 atom stereocenters. The molecular formula is C19H20O2. The van der Waals surface area contributed by atoms with Gasteiger partial charge in [0.05, 0.1) is 7.11 Å². The van der Waals surface area contributed by atoms with Gasteiger partial charge in [-0.15, -0.1) is 13.0 Å². The third-order valence-electron chi connectivity index (χ3n) is 4.08. The predicted molar refractivity (Wildman–Crippen MR) is 86.2 cm³/mol. The number of ether oxygens (including phenoxy) is 1. The van der Waals surface area contributed by atoms with Crippen molar-refractivity contribution in [3.05, 3.63) is 47.1 Å². The number of allylic oxidation sites excluding steroid dienone is 3. The fourth-order valence-corrected chi connectivity index (χ4v) is 3.02. The lowest BCUT2D eigenvalue weighted by molar-refractivity contribution is -0.113. The summed E-state index contributed by atoms with van der Waals surface area (Å²) in [6.07, 6.45) is 9.99. The molecule has 1 aromatic carbocycles. The lowest BCUT2D eigenvalue weighted by Gasteiger charge is -2.25. The third kappa shape index (κ3) is 2.92. The second-order valence-electron chi connectivity index (χ2n) is 5.24. The van der Waals surface area contributed by atoms with Gasteiger partial charge in [0.25, 0.3) is 0 Å². The molecule has 0 N–H and O–H groups in total. The maximum Gasteiger partial charge on any atom is 0.209 e. The lowest BCUT2D eigenvalue weighted by atomic mass is 9.80. The first-order chi connectivity index (χ1) is 10.1. The van der Waals surface area contributed by atoms with Crippen LogP contribution in [0.4, 0.5) is 0 Å². The molecule has 0 bridgehead atoms. The van der Waals surface area contributed by atoms with Gasteiger partial charge in [-0.25, -0.2) is 0 Å². The summed E-state index contributed by atoms with van der Waals surface area (Å²) >= 11 is 0. The Kier molecular flexibility index (Phi) is 4.65. The number of hydrogen-bond donors (Lipinski definition) is 0. The molecule has 0 unspecified atom stereocenters. The Hall–Kier alpha value is -2.27. The monoisotopic (exact) mass is 280 g/mol. The predicted octanol–water partition coefficient (Wildman–Crippen LogP) is 3.87. The summed E-state index contributed by atoms with van der Waals surface area (Å²) in [5, 5.41) is 0. The smallest absolute Gasteiger partial charge is 0.209 e. The molecule has 0 fully saturated rings. The van der Waals surface area contributed by atoms with Crippen LogP contribution >= 0.6 is 0 Å². The highest BCUT2D eigenvalue weighted by Gasteiger charge is 2.22. The maximum atomic E-state index is 11.6. The van der Waals surface area contributed by atoms with Gasteiger partial charge < -0.3 is 4.74 Å². The quantitative estimate of drug-likeness (QED) is 0.465. The van der Waals surface area contributed by atoms with Crippen LogP contribution in [0.5, 0.6) is 5.75 Å². The van der Waals surface area contributed by atoms with Crippen LogP contribution in [0, 0.1) is 19.3 Å². The summed E-state index contributed by atoms with van der Waals surface area (Å²) in [5.74, 6) is 2.97. The van der Waals surface area contributed by atoms with Gasteiger partial charge in [0, 0.05) is 6.42 Å². The Morgan fingerprint density at radius 3 is 2.86 bits per heavy atom. The Morgan fingerprint density at radius 1 is 1.48 bits per heavy atom. The Bertz CT molecular complexity index is 657. The van der Waals surface area contributed by atoms with E-state index in [1.165, 1.54) is 22.3 Å². The zero-order chi connectivity index (χ0) is 15.4. The Balaban J connectivity index is 2.53. The summed E-state index contributed by atoms with van der Waals surface area (Å²) in [4.78, 5) is 11.6. The third-order valence-corrected chi connectivity index (χ3v) is 4.08. The van der Waals surface area contributed by atoms with Gasteiger partial charge in [0.1, 0.15) is 5.75 Å². The van der Waals surface area contributed by atoms with Crippen LogP contribution in [0.25, 0.3) is 5.57 Å². The number of hydrogen-bond acceptors (Lipinski definition) is 2. The minimum atomic E-state index is -0.153. The van der Waals surface area contributed by atoms with E-state index in [9.17, 15) is 4.79 Å². The molecule has 1 aliphatic carbocycles. The molecule has 0 saturated carbocycles. The van der Waals surface area contributed by atoms with Crippen molar-refractivity contribution in [2.24, 2.45) is 0 Å². The molecule has 2 nitrogen and oxygen atoms in total. The number of rotatable bonds is 5. The standard InChI is InChI=1S/C19H20O2/c1-5-7-17-14(12-15(20)6-2)8-9-16-13(3)19(21-4)11-10-18(16)17/h2,5,10-11H,1,7-9,12H2,3-4H3. The molecule has 0 spiro atoms. The molecule has 2 rings (SSSR count). The van der Waals surface area contributed by atoms with E-state index in [0.717, 1.165) is 30.6 Å². The van der Waals surface area contributed by atoms with Crippen LogP contribution in [0.1, 0.15) is 36.0 Å². The van der Waals surface area contributed by atoms with Gasteiger partial charge in [-0.3, -0.25) is 4.79 Å². The summed E-state index contributed by atoms with van der Waals surface area (Å²) in [5.41, 5.74) is 6.04. The molecule has 0 amide bonds. The van der Waals surface area contributed by atoms with E-state index < -0.39 is 0 Å². The molecule has 0 heterocycles. The highest BCUT2D eigenvalue weighted by atomic mass is 16.5. The van der Waals surface area contributed by atoms with Gasteiger partial charge in [0.2, 0.25) is 5.78 Å². The van der Waals surface area contributed by atoms with E-state index in [1.54, 1.807) is 7.11 Å². The van der Waals surface area contributed by atoms with E-state index in [2.05, 4.69) is 25.5 Å². The van der Waals surface area contributed by atoms with Crippen LogP contribution in [0.3, 0.4) is 0 Å². The van der Waals surface area contributed by atoms with Crippen LogP contribution in [-0.2, 0) is 11.2 Å². The van der Waals surface area contributed by atoms with Crippen molar-refractivity contribution < 1.29 is 9.53 Å².